The van der Waals surface area contributed by atoms with Gasteiger partial charge in [-0.1, -0.05) is 31.9 Å². The average molecular weight is 447 g/mol. The largest absolute Gasteiger partial charge is 0.465 e. The van der Waals surface area contributed by atoms with Crippen LogP contribution >= 0.6 is 0 Å². The van der Waals surface area contributed by atoms with Crippen LogP contribution in [0.2, 0.25) is 0 Å². The highest BCUT2D eigenvalue weighted by Gasteiger charge is 2.36. The summed E-state index contributed by atoms with van der Waals surface area (Å²) >= 11 is 0. The molecule has 1 unspecified atom stereocenters. The van der Waals surface area contributed by atoms with Crippen molar-refractivity contribution in [2.24, 2.45) is 10.9 Å². The van der Waals surface area contributed by atoms with Crippen molar-refractivity contribution in [3.05, 3.63) is 23.8 Å². The summed E-state index contributed by atoms with van der Waals surface area (Å²) in [6, 6.07) is -0.623. The number of fused-ring (bicyclic) bond motifs is 1. The van der Waals surface area contributed by atoms with Gasteiger partial charge in [-0.15, -0.1) is 0 Å². The second-order valence-corrected chi connectivity index (χ2v) is 8.05. The molecule has 2 rings (SSSR count). The third kappa shape index (κ3) is 7.40. The molecule has 1 atom stereocenters. The molecule has 1 N–H and O–H groups in total. The van der Waals surface area contributed by atoms with Crippen molar-refractivity contribution in [3.8, 4) is 0 Å². The van der Waals surface area contributed by atoms with Crippen LogP contribution in [-0.2, 0) is 19.1 Å². The number of likely N-dealkylation sites (N-methyl/N-ethyl adjacent to an activating group) is 1. The molecule has 0 spiro atoms. The molecule has 9 nitrogen and oxygen atoms in total. The molecule has 0 fully saturated rings. The summed E-state index contributed by atoms with van der Waals surface area (Å²) in [5.74, 6) is -1.53. The van der Waals surface area contributed by atoms with E-state index in [9.17, 15) is 19.2 Å². The molecular formula is C23H34N4O5. The van der Waals surface area contributed by atoms with Crippen molar-refractivity contribution >= 4 is 29.5 Å². The van der Waals surface area contributed by atoms with Crippen molar-refractivity contribution in [3.63, 3.8) is 0 Å². The standard InChI is InChI=1S/C23H34N4O5/c1-4-5-13-26(2)15-12-24-20(28)9-7-6-8-14-27-21(29)18-11-10-17(22(30)32-3)16-19(18)25-23(27)31/h10-11,16,18H,4-9,12-15H2,1-3H3,(H,24,28). The first-order valence-electron chi connectivity index (χ1n) is 11.2. The van der Waals surface area contributed by atoms with E-state index in [1.807, 2.05) is 0 Å². The Hall–Kier alpha value is -2.81. The number of carbonyl (C=O) groups excluding carboxylic acids is 4. The predicted octanol–water partition coefficient (Wildman–Crippen LogP) is 2.08. The van der Waals surface area contributed by atoms with E-state index in [-0.39, 0.29) is 29.6 Å². The van der Waals surface area contributed by atoms with Gasteiger partial charge in [-0.3, -0.25) is 14.5 Å². The fourth-order valence-corrected chi connectivity index (χ4v) is 3.54. The van der Waals surface area contributed by atoms with Gasteiger partial charge in [0.1, 0.15) is 0 Å². The molecule has 2 aliphatic rings. The van der Waals surface area contributed by atoms with Gasteiger partial charge in [0.2, 0.25) is 11.8 Å². The first-order valence-corrected chi connectivity index (χ1v) is 11.2. The van der Waals surface area contributed by atoms with E-state index in [1.165, 1.54) is 19.3 Å². The van der Waals surface area contributed by atoms with Crippen molar-refractivity contribution in [2.45, 2.75) is 45.4 Å². The van der Waals surface area contributed by atoms with E-state index in [0.717, 1.165) is 37.3 Å². The van der Waals surface area contributed by atoms with Crippen LogP contribution in [0, 0.1) is 5.92 Å². The minimum absolute atomic E-state index is 0.0220. The van der Waals surface area contributed by atoms with Gasteiger partial charge in [0, 0.05) is 26.1 Å². The lowest BCUT2D eigenvalue weighted by atomic mass is 9.92. The predicted molar refractivity (Wildman–Crippen MR) is 121 cm³/mol. The van der Waals surface area contributed by atoms with Crippen LogP contribution in [0.4, 0.5) is 4.79 Å². The number of hydrogen-bond donors (Lipinski definition) is 1. The Morgan fingerprint density at radius 1 is 1.19 bits per heavy atom. The van der Waals surface area contributed by atoms with Gasteiger partial charge in [-0.25, -0.2) is 9.59 Å². The number of unbranched alkanes of at least 4 members (excludes halogenated alkanes) is 3. The van der Waals surface area contributed by atoms with Gasteiger partial charge in [-0.2, -0.15) is 4.99 Å². The number of methoxy groups -OCH3 is 1. The molecule has 0 aromatic carbocycles. The Bertz CT molecular complexity index is 802. The molecule has 9 heteroatoms. The highest BCUT2D eigenvalue weighted by Crippen LogP contribution is 2.23. The Morgan fingerprint density at radius 2 is 1.97 bits per heavy atom. The fraction of sp³-hybridized carbons (Fsp3) is 0.609. The number of nitrogens with zero attached hydrogens (tertiary/aromatic N) is 3. The molecule has 32 heavy (non-hydrogen) atoms. The minimum atomic E-state index is -0.664. The Balaban J connectivity index is 1.69. The zero-order valence-electron chi connectivity index (χ0n) is 19.3. The third-order valence-corrected chi connectivity index (χ3v) is 5.49. The topological polar surface area (TPSA) is 108 Å². The highest BCUT2D eigenvalue weighted by atomic mass is 16.5. The number of aliphatic imine (C=N–C) groups is 1. The molecule has 176 valence electrons. The number of hydrogen-bond acceptors (Lipinski definition) is 6. The number of ether oxygens (including phenoxy) is 1. The summed E-state index contributed by atoms with van der Waals surface area (Å²) in [6.45, 7) is 4.92. The van der Waals surface area contributed by atoms with Gasteiger partial charge >= 0.3 is 12.0 Å². The van der Waals surface area contributed by atoms with E-state index in [4.69, 9.17) is 0 Å². The number of amides is 4. The maximum Gasteiger partial charge on any atom is 0.350 e. The lowest BCUT2D eigenvalue weighted by molar-refractivity contribution is -0.136. The fourth-order valence-electron chi connectivity index (χ4n) is 3.54. The van der Waals surface area contributed by atoms with E-state index < -0.39 is 17.9 Å². The molecule has 1 aliphatic carbocycles. The molecule has 0 saturated heterocycles. The summed E-state index contributed by atoms with van der Waals surface area (Å²) in [4.78, 5) is 55.9. The lowest BCUT2D eigenvalue weighted by Crippen LogP contribution is -2.46. The van der Waals surface area contributed by atoms with E-state index >= 15 is 0 Å². The zero-order valence-corrected chi connectivity index (χ0v) is 19.3. The maximum atomic E-state index is 12.7. The van der Waals surface area contributed by atoms with Crippen LogP contribution in [0.5, 0.6) is 0 Å². The van der Waals surface area contributed by atoms with Crippen molar-refractivity contribution in [1.82, 2.24) is 15.1 Å². The smallest absolute Gasteiger partial charge is 0.350 e. The number of imide groups is 1. The number of urea groups is 1. The zero-order chi connectivity index (χ0) is 23.5. The second-order valence-electron chi connectivity index (χ2n) is 8.05. The van der Waals surface area contributed by atoms with Crippen LogP contribution < -0.4 is 5.32 Å². The Kier molecular flexibility index (Phi) is 10.3. The van der Waals surface area contributed by atoms with Crippen LogP contribution in [0.3, 0.4) is 0 Å². The van der Waals surface area contributed by atoms with E-state index in [0.29, 0.717) is 25.8 Å². The number of rotatable bonds is 13. The van der Waals surface area contributed by atoms with E-state index in [2.05, 4.69) is 33.9 Å². The van der Waals surface area contributed by atoms with Gasteiger partial charge in [-0.05, 0) is 38.9 Å². The number of esters is 1. The molecule has 0 bridgehead atoms. The number of nitrogens with one attached hydrogen (secondary N) is 1. The molecule has 1 heterocycles. The van der Waals surface area contributed by atoms with Crippen LogP contribution in [-0.4, -0.2) is 79.7 Å². The van der Waals surface area contributed by atoms with Gasteiger partial charge in [0.05, 0.1) is 24.3 Å². The molecule has 0 radical (unpaired) electrons. The Labute approximate surface area is 189 Å². The first-order chi connectivity index (χ1) is 15.4. The molecule has 0 saturated carbocycles. The van der Waals surface area contributed by atoms with Crippen molar-refractivity contribution in [1.29, 1.82) is 0 Å². The van der Waals surface area contributed by atoms with Crippen LogP contribution in [0.25, 0.3) is 0 Å². The van der Waals surface area contributed by atoms with Crippen LogP contribution in [0.1, 0.15) is 45.4 Å². The third-order valence-electron chi connectivity index (χ3n) is 5.49. The van der Waals surface area contributed by atoms with Crippen molar-refractivity contribution < 1.29 is 23.9 Å². The molecule has 1 aliphatic heterocycles. The summed E-state index contributed by atoms with van der Waals surface area (Å²) in [7, 11) is 3.32. The summed E-state index contributed by atoms with van der Waals surface area (Å²) in [5.41, 5.74) is 0.513. The normalized spacial score (nSPS) is 17.8. The highest BCUT2D eigenvalue weighted by molar-refractivity contribution is 6.23. The van der Waals surface area contributed by atoms with Crippen LogP contribution in [0.15, 0.2) is 28.8 Å². The number of allylic oxidation sites excluding steroid dienone is 1. The monoisotopic (exact) mass is 446 g/mol. The minimum Gasteiger partial charge on any atom is -0.465 e. The average Bonchev–Trinajstić information content (AvgIpc) is 2.78. The maximum absolute atomic E-state index is 12.7. The van der Waals surface area contributed by atoms with E-state index in [1.54, 1.807) is 6.08 Å². The first kappa shape index (κ1) is 25.5. The summed E-state index contributed by atoms with van der Waals surface area (Å²) in [6.07, 6.45) is 9.26. The lowest BCUT2D eigenvalue weighted by Gasteiger charge is -2.28. The van der Waals surface area contributed by atoms with Gasteiger partial charge < -0.3 is 15.0 Å². The van der Waals surface area contributed by atoms with Gasteiger partial charge in [0.25, 0.3) is 0 Å². The quantitative estimate of drug-likeness (QED) is 0.343. The summed E-state index contributed by atoms with van der Waals surface area (Å²) in [5, 5.41) is 2.93. The number of carbonyl (C=O) groups is 4. The van der Waals surface area contributed by atoms with Gasteiger partial charge in [0.15, 0.2) is 0 Å². The van der Waals surface area contributed by atoms with Crippen molar-refractivity contribution in [2.75, 3.05) is 40.3 Å². The molecule has 0 aromatic heterocycles. The molecular weight excluding hydrogens is 412 g/mol. The molecule has 4 amide bonds. The second kappa shape index (κ2) is 12.9. The molecule has 0 aromatic rings. The SMILES string of the molecule is CCCCN(C)CCNC(=O)CCCCCN1C(=O)N=C2C=C(C(=O)OC)C=CC2C1=O. The Morgan fingerprint density at radius 3 is 2.69 bits per heavy atom. The summed E-state index contributed by atoms with van der Waals surface area (Å²) < 4.78 is 4.66.